The Labute approximate surface area is 106 Å². The average molecular weight is 243 g/mol. The zero-order valence-electron chi connectivity index (χ0n) is 11.8. The first-order valence-corrected chi connectivity index (χ1v) is 6.78. The number of nitrogens with two attached hydrogens (primary N) is 1. The van der Waals surface area contributed by atoms with E-state index in [1.54, 1.807) is 0 Å². The molecule has 2 atom stereocenters. The van der Waals surface area contributed by atoms with Crippen LogP contribution in [-0.4, -0.2) is 43.0 Å². The Morgan fingerprint density at radius 3 is 2.29 bits per heavy atom. The standard InChI is InChI=1S/C13H29N3O/c1-5-12(9-14)8-13(17)15-11(4)10-16(6-2)7-3/h11-12H,5-10,14H2,1-4H3,(H,15,17). The second-order valence-corrected chi connectivity index (χ2v) is 4.67. The highest BCUT2D eigenvalue weighted by Crippen LogP contribution is 2.05. The molecular weight excluding hydrogens is 214 g/mol. The van der Waals surface area contributed by atoms with Crippen LogP contribution in [0, 0.1) is 5.92 Å². The lowest BCUT2D eigenvalue weighted by molar-refractivity contribution is -0.122. The third-order valence-corrected chi connectivity index (χ3v) is 3.22. The van der Waals surface area contributed by atoms with E-state index in [-0.39, 0.29) is 11.9 Å². The van der Waals surface area contributed by atoms with Crippen molar-refractivity contribution < 1.29 is 4.79 Å². The Bertz CT molecular complexity index is 201. The van der Waals surface area contributed by atoms with Crippen molar-refractivity contribution in [2.45, 2.75) is 46.6 Å². The van der Waals surface area contributed by atoms with E-state index in [1.165, 1.54) is 0 Å². The fourth-order valence-corrected chi connectivity index (χ4v) is 1.91. The highest BCUT2D eigenvalue weighted by Gasteiger charge is 2.13. The number of carbonyl (C=O) groups is 1. The Balaban J connectivity index is 3.94. The van der Waals surface area contributed by atoms with Gasteiger partial charge >= 0.3 is 0 Å². The Hall–Kier alpha value is -0.610. The van der Waals surface area contributed by atoms with Gasteiger partial charge in [0, 0.05) is 19.0 Å². The molecule has 17 heavy (non-hydrogen) atoms. The zero-order valence-corrected chi connectivity index (χ0v) is 11.8. The van der Waals surface area contributed by atoms with Crippen molar-refractivity contribution in [3.05, 3.63) is 0 Å². The van der Waals surface area contributed by atoms with Gasteiger partial charge in [0.2, 0.25) is 5.91 Å². The van der Waals surface area contributed by atoms with Crippen LogP contribution in [-0.2, 0) is 4.79 Å². The van der Waals surface area contributed by atoms with E-state index >= 15 is 0 Å². The molecule has 0 saturated carbocycles. The predicted octanol–water partition coefficient (Wildman–Crippen LogP) is 1.21. The summed E-state index contributed by atoms with van der Waals surface area (Å²) in [6, 6.07) is 0.206. The van der Waals surface area contributed by atoms with Crippen LogP contribution in [0.5, 0.6) is 0 Å². The van der Waals surface area contributed by atoms with Crippen molar-refractivity contribution >= 4 is 5.91 Å². The fourth-order valence-electron chi connectivity index (χ4n) is 1.91. The summed E-state index contributed by atoms with van der Waals surface area (Å²) in [5.74, 6) is 0.442. The number of nitrogens with zero attached hydrogens (tertiary/aromatic N) is 1. The molecule has 0 heterocycles. The number of rotatable bonds is 9. The summed E-state index contributed by atoms with van der Waals surface area (Å²) >= 11 is 0. The lowest BCUT2D eigenvalue weighted by Crippen LogP contribution is -2.42. The Morgan fingerprint density at radius 1 is 1.29 bits per heavy atom. The highest BCUT2D eigenvalue weighted by atomic mass is 16.1. The van der Waals surface area contributed by atoms with Gasteiger partial charge in [-0.1, -0.05) is 27.2 Å². The molecule has 3 N–H and O–H groups in total. The molecule has 0 rings (SSSR count). The SMILES string of the molecule is CCC(CN)CC(=O)NC(C)CN(CC)CC. The smallest absolute Gasteiger partial charge is 0.220 e. The van der Waals surface area contributed by atoms with Crippen molar-refractivity contribution in [2.24, 2.45) is 11.7 Å². The molecule has 0 aliphatic carbocycles. The number of nitrogens with one attached hydrogen (secondary N) is 1. The van der Waals surface area contributed by atoms with Gasteiger partial charge in [-0.3, -0.25) is 4.79 Å². The Morgan fingerprint density at radius 2 is 1.88 bits per heavy atom. The van der Waals surface area contributed by atoms with Crippen LogP contribution in [0.15, 0.2) is 0 Å². The number of carbonyl (C=O) groups excluding carboxylic acids is 1. The minimum atomic E-state index is 0.127. The second-order valence-electron chi connectivity index (χ2n) is 4.67. The molecule has 0 fully saturated rings. The summed E-state index contributed by atoms with van der Waals surface area (Å²) in [5.41, 5.74) is 5.60. The van der Waals surface area contributed by atoms with Crippen molar-refractivity contribution in [3.63, 3.8) is 0 Å². The molecular formula is C13H29N3O. The van der Waals surface area contributed by atoms with Crippen molar-refractivity contribution in [1.29, 1.82) is 0 Å². The van der Waals surface area contributed by atoms with Crippen LogP contribution >= 0.6 is 0 Å². The number of hydrogen-bond donors (Lipinski definition) is 2. The summed E-state index contributed by atoms with van der Waals surface area (Å²) in [7, 11) is 0. The van der Waals surface area contributed by atoms with Gasteiger partial charge in [0.05, 0.1) is 0 Å². The van der Waals surface area contributed by atoms with E-state index in [9.17, 15) is 4.79 Å². The third kappa shape index (κ3) is 7.34. The summed E-state index contributed by atoms with van der Waals surface area (Å²) in [4.78, 5) is 14.1. The van der Waals surface area contributed by atoms with Gasteiger partial charge < -0.3 is 16.0 Å². The first-order valence-electron chi connectivity index (χ1n) is 6.78. The highest BCUT2D eigenvalue weighted by molar-refractivity contribution is 5.76. The van der Waals surface area contributed by atoms with E-state index in [4.69, 9.17) is 5.73 Å². The predicted molar refractivity (Wildman–Crippen MR) is 72.8 cm³/mol. The van der Waals surface area contributed by atoms with Crippen LogP contribution in [0.3, 0.4) is 0 Å². The zero-order chi connectivity index (χ0) is 13.3. The number of likely N-dealkylation sites (N-methyl/N-ethyl adjacent to an activating group) is 1. The molecule has 1 amide bonds. The van der Waals surface area contributed by atoms with Crippen LogP contribution < -0.4 is 11.1 Å². The average Bonchev–Trinajstić information content (AvgIpc) is 2.32. The van der Waals surface area contributed by atoms with Gasteiger partial charge in [-0.2, -0.15) is 0 Å². The van der Waals surface area contributed by atoms with Gasteiger partial charge in [0.15, 0.2) is 0 Å². The molecule has 102 valence electrons. The molecule has 4 nitrogen and oxygen atoms in total. The number of amides is 1. The molecule has 0 radical (unpaired) electrons. The summed E-state index contributed by atoms with van der Waals surface area (Å²) in [6.45, 7) is 12.0. The Kier molecular flexibility index (Phi) is 9.09. The lowest BCUT2D eigenvalue weighted by atomic mass is 10.0. The monoisotopic (exact) mass is 243 g/mol. The summed E-state index contributed by atoms with van der Waals surface area (Å²) < 4.78 is 0. The fraction of sp³-hybridized carbons (Fsp3) is 0.923. The van der Waals surface area contributed by atoms with Crippen LogP contribution in [0.25, 0.3) is 0 Å². The van der Waals surface area contributed by atoms with Gasteiger partial charge in [0.1, 0.15) is 0 Å². The second kappa shape index (κ2) is 9.42. The van der Waals surface area contributed by atoms with Crippen LogP contribution in [0.2, 0.25) is 0 Å². The maximum atomic E-state index is 11.8. The topological polar surface area (TPSA) is 58.4 Å². The first kappa shape index (κ1) is 16.4. The molecule has 0 aromatic rings. The van der Waals surface area contributed by atoms with E-state index in [0.717, 1.165) is 26.1 Å². The maximum absolute atomic E-state index is 11.8. The van der Waals surface area contributed by atoms with Crippen molar-refractivity contribution in [2.75, 3.05) is 26.2 Å². The van der Waals surface area contributed by atoms with E-state index in [1.807, 2.05) is 0 Å². The normalized spacial score (nSPS) is 14.7. The molecule has 0 spiro atoms. The summed E-state index contributed by atoms with van der Waals surface area (Å²) in [5, 5.41) is 3.04. The minimum absolute atomic E-state index is 0.127. The molecule has 0 aliphatic rings. The third-order valence-electron chi connectivity index (χ3n) is 3.22. The van der Waals surface area contributed by atoms with Gasteiger partial charge in [0.25, 0.3) is 0 Å². The van der Waals surface area contributed by atoms with Crippen molar-refractivity contribution in [3.8, 4) is 0 Å². The molecule has 0 saturated heterocycles. The van der Waals surface area contributed by atoms with Gasteiger partial charge in [-0.25, -0.2) is 0 Å². The van der Waals surface area contributed by atoms with E-state index in [2.05, 4.69) is 37.9 Å². The largest absolute Gasteiger partial charge is 0.352 e. The van der Waals surface area contributed by atoms with Crippen molar-refractivity contribution in [1.82, 2.24) is 10.2 Å². The molecule has 0 aromatic carbocycles. The molecule has 0 bridgehead atoms. The molecule has 2 unspecified atom stereocenters. The minimum Gasteiger partial charge on any atom is -0.352 e. The quantitative estimate of drug-likeness (QED) is 0.640. The van der Waals surface area contributed by atoms with Crippen LogP contribution in [0.1, 0.15) is 40.5 Å². The van der Waals surface area contributed by atoms with Crippen LogP contribution in [0.4, 0.5) is 0 Å². The maximum Gasteiger partial charge on any atom is 0.220 e. The molecule has 0 aromatic heterocycles. The van der Waals surface area contributed by atoms with E-state index in [0.29, 0.717) is 18.9 Å². The lowest BCUT2D eigenvalue weighted by Gasteiger charge is -2.24. The first-order chi connectivity index (χ1) is 8.07. The van der Waals surface area contributed by atoms with Gasteiger partial charge in [-0.15, -0.1) is 0 Å². The summed E-state index contributed by atoms with van der Waals surface area (Å²) in [6.07, 6.45) is 1.52. The number of hydrogen-bond acceptors (Lipinski definition) is 3. The molecule has 4 heteroatoms. The molecule has 0 aliphatic heterocycles. The van der Waals surface area contributed by atoms with E-state index < -0.39 is 0 Å². The van der Waals surface area contributed by atoms with Gasteiger partial charge in [-0.05, 0) is 32.5 Å².